The Kier molecular flexibility index (Phi) is 14.3. The van der Waals surface area contributed by atoms with Crippen molar-refractivity contribution in [2.75, 3.05) is 47.1 Å². The van der Waals surface area contributed by atoms with Crippen LogP contribution >= 0.6 is 11.5 Å². The summed E-state index contributed by atoms with van der Waals surface area (Å²) in [6, 6.07) is 6.50. The number of pyridine rings is 1. The van der Waals surface area contributed by atoms with Crippen LogP contribution in [0.3, 0.4) is 0 Å². The number of aromatic nitrogens is 4. The lowest BCUT2D eigenvalue weighted by atomic mass is 9.84. The molecule has 6 atom stereocenters. The Morgan fingerprint density at radius 2 is 1.91 bits per heavy atom. The standard InChI is InChI=1S/C49H63FN10O7S/c1-9-57-36-17-16-30-23-32(36)33(43(57)31-13-11-20-51-41(31)29(4)66-8)25-49(5,6)27-67-47(64)34-14-12-21-60(54-34)46(63)35(24-39-53-45(30)68-55-39)52-44(62)42(28(2)3)56(7)48(65)59-26-38-37(59)18-22-58(38)40(61)15-10-19-50/h10-11,13,15-17,20,23,28-29,34-35,37-38,42,54H,9,12,14,18-19,21-22,24-27H2,1-8H3,(H,52,62)/b15-10+/t29-,34-,35-,37-,38-,42-/m0/s1. The second kappa shape index (κ2) is 20.0. The van der Waals surface area contributed by atoms with Crippen molar-refractivity contribution in [2.45, 2.75) is 117 Å². The minimum atomic E-state index is -1.17. The molecule has 8 rings (SSSR count). The highest BCUT2D eigenvalue weighted by atomic mass is 32.1. The zero-order valence-corrected chi connectivity index (χ0v) is 41.0. The van der Waals surface area contributed by atoms with E-state index in [4.69, 9.17) is 23.8 Å². The number of fused-ring (bicyclic) bond motifs is 7. The van der Waals surface area contributed by atoms with Crippen LogP contribution in [0.25, 0.3) is 32.7 Å². The van der Waals surface area contributed by atoms with Gasteiger partial charge in [-0.15, -0.1) is 0 Å². The largest absolute Gasteiger partial charge is 0.464 e. The van der Waals surface area contributed by atoms with E-state index in [0.717, 1.165) is 39.0 Å². The van der Waals surface area contributed by atoms with Crippen LogP contribution in [-0.4, -0.2) is 146 Å². The van der Waals surface area contributed by atoms with Crippen LogP contribution < -0.4 is 10.7 Å². The van der Waals surface area contributed by atoms with E-state index >= 15 is 0 Å². The van der Waals surface area contributed by atoms with Crippen LogP contribution in [0.2, 0.25) is 0 Å². The van der Waals surface area contributed by atoms with E-state index in [1.54, 1.807) is 30.2 Å². The Balaban J connectivity index is 1.12. The minimum Gasteiger partial charge on any atom is -0.464 e. The number of nitrogens with zero attached hydrogens (tertiary/aromatic N) is 8. The summed E-state index contributed by atoms with van der Waals surface area (Å²) in [6.45, 7) is 13.0. The second-order valence-corrected chi connectivity index (χ2v) is 20.2. The van der Waals surface area contributed by atoms with Crippen LogP contribution in [0.15, 0.2) is 48.7 Å². The number of carbonyl (C=O) groups is 5. The molecule has 7 heterocycles. The van der Waals surface area contributed by atoms with Crippen molar-refractivity contribution in [1.29, 1.82) is 0 Å². The van der Waals surface area contributed by atoms with Gasteiger partial charge in [0.15, 0.2) is 0 Å². The van der Waals surface area contributed by atoms with Gasteiger partial charge < -0.3 is 34.1 Å². The first-order chi connectivity index (χ1) is 32.5. The number of hydrogen-bond acceptors (Lipinski definition) is 12. The molecular weight excluding hydrogens is 892 g/mol. The highest BCUT2D eigenvalue weighted by molar-refractivity contribution is 7.09. The average Bonchev–Trinajstić information content (AvgIpc) is 4.01. The molecular formula is C49H63FN10O7S. The van der Waals surface area contributed by atoms with Gasteiger partial charge in [-0.1, -0.05) is 27.7 Å². The summed E-state index contributed by atoms with van der Waals surface area (Å²) >= 11 is 1.21. The van der Waals surface area contributed by atoms with E-state index < -0.39 is 48.0 Å². The maximum Gasteiger partial charge on any atom is 0.324 e. The average molecular weight is 955 g/mol. The van der Waals surface area contributed by atoms with Crippen LogP contribution in [-0.2, 0) is 48.0 Å². The lowest BCUT2D eigenvalue weighted by Crippen LogP contribution is -2.68. The van der Waals surface area contributed by atoms with E-state index in [0.29, 0.717) is 49.6 Å². The Bertz CT molecular complexity index is 2600. The maximum atomic E-state index is 14.6. The topological polar surface area (TPSA) is 184 Å². The quantitative estimate of drug-likeness (QED) is 0.152. The van der Waals surface area contributed by atoms with Gasteiger partial charge in [-0.3, -0.25) is 29.2 Å². The number of amides is 5. The number of ether oxygens (including phenoxy) is 2. The fraction of sp³-hybridized carbons (Fsp3) is 0.551. The van der Waals surface area contributed by atoms with Crippen molar-refractivity contribution in [3.8, 4) is 21.8 Å². The predicted molar refractivity (Wildman–Crippen MR) is 255 cm³/mol. The molecule has 1 aromatic carbocycles. The molecule has 3 aromatic heterocycles. The van der Waals surface area contributed by atoms with Gasteiger partial charge in [-0.25, -0.2) is 19.6 Å². The third-order valence-electron chi connectivity index (χ3n) is 13.8. The van der Waals surface area contributed by atoms with Gasteiger partial charge >= 0.3 is 12.0 Å². The molecule has 6 bridgehead atoms. The van der Waals surface area contributed by atoms with Crippen molar-refractivity contribution < 1.29 is 37.8 Å². The molecule has 17 nitrogen and oxygen atoms in total. The zero-order chi connectivity index (χ0) is 48.6. The highest BCUT2D eigenvalue weighted by Gasteiger charge is 2.52. The van der Waals surface area contributed by atoms with Gasteiger partial charge in [0.05, 0.1) is 36.2 Å². The third kappa shape index (κ3) is 9.48. The number of urea groups is 1. The first-order valence-electron chi connectivity index (χ1n) is 23.6. The first-order valence-corrected chi connectivity index (χ1v) is 24.4. The smallest absolute Gasteiger partial charge is 0.324 e. The molecule has 5 amide bonds. The van der Waals surface area contributed by atoms with E-state index in [1.165, 1.54) is 33.6 Å². The SMILES string of the molecule is CCn1c(-c2cccnc2[C@H](C)OC)c2c3cc(ccc31)-c1nc(ns1)C[C@H](NC(=O)[C@H](C(C)C)N(C)C(=O)N1C[C@H]3[C@@H]1CCN3C(=O)/C=C/CF)C(=O)N1CCC[C@H](N1)C(=O)OCC(C)(C)C2. The molecule has 4 aliphatic heterocycles. The monoisotopic (exact) mass is 954 g/mol. The molecule has 19 heteroatoms. The number of cyclic esters (lactones) is 1. The molecule has 0 unspecified atom stereocenters. The highest BCUT2D eigenvalue weighted by Crippen LogP contribution is 2.42. The number of likely N-dealkylation sites (tertiary alicyclic amines) is 2. The van der Waals surface area contributed by atoms with E-state index in [9.17, 15) is 28.4 Å². The summed E-state index contributed by atoms with van der Waals surface area (Å²) in [6.07, 6.45) is 5.91. The maximum absolute atomic E-state index is 14.6. The molecule has 2 N–H and O–H groups in total. The summed E-state index contributed by atoms with van der Waals surface area (Å²) in [5.74, 6) is -1.81. The molecule has 364 valence electrons. The molecule has 0 radical (unpaired) electrons. The number of likely N-dealkylation sites (N-methyl/N-ethyl adjacent to an activating group) is 1. The van der Waals surface area contributed by atoms with Crippen LogP contribution in [0.4, 0.5) is 9.18 Å². The number of rotatable bonds is 10. The van der Waals surface area contributed by atoms with E-state index in [1.807, 2.05) is 32.9 Å². The molecule has 0 aliphatic carbocycles. The van der Waals surface area contributed by atoms with Crippen molar-refractivity contribution in [3.05, 3.63) is 65.8 Å². The number of hydrazine groups is 1. The number of carbonyl (C=O) groups excluding carboxylic acids is 5. The predicted octanol–water partition coefficient (Wildman–Crippen LogP) is 5.48. The number of methoxy groups -OCH3 is 1. The van der Waals surface area contributed by atoms with Gasteiger partial charge in [0.1, 0.15) is 35.6 Å². The molecule has 0 saturated carbocycles. The summed E-state index contributed by atoms with van der Waals surface area (Å²) < 4.78 is 31.6. The lowest BCUT2D eigenvalue weighted by Gasteiger charge is -2.48. The van der Waals surface area contributed by atoms with Gasteiger partial charge in [-0.05, 0) is 99.0 Å². The van der Waals surface area contributed by atoms with Crippen molar-refractivity contribution >= 4 is 52.2 Å². The summed E-state index contributed by atoms with van der Waals surface area (Å²) in [7, 11) is 3.24. The Labute approximate surface area is 400 Å². The number of esters is 1. The number of nitrogens with one attached hydrogen (secondary N) is 2. The third-order valence-corrected chi connectivity index (χ3v) is 14.6. The van der Waals surface area contributed by atoms with Crippen molar-refractivity contribution in [2.24, 2.45) is 11.3 Å². The first kappa shape index (κ1) is 48.7. The molecule has 68 heavy (non-hydrogen) atoms. The normalized spacial score (nSPS) is 22.7. The van der Waals surface area contributed by atoms with Crippen LogP contribution in [0.5, 0.6) is 0 Å². The number of allylic oxidation sites excluding steroid dienone is 1. The Hall–Kier alpha value is -5.79. The summed E-state index contributed by atoms with van der Waals surface area (Å²) in [4.78, 5) is 84.3. The number of benzene rings is 1. The molecule has 4 aliphatic rings. The van der Waals surface area contributed by atoms with Gasteiger partial charge in [0.25, 0.3) is 5.91 Å². The summed E-state index contributed by atoms with van der Waals surface area (Å²) in [5, 5.41) is 6.01. The molecule has 3 fully saturated rings. The minimum absolute atomic E-state index is 0.0626. The number of hydrogen-bond donors (Lipinski definition) is 2. The van der Waals surface area contributed by atoms with Crippen LogP contribution in [0, 0.1) is 11.3 Å². The number of alkyl halides is 1. The zero-order valence-electron chi connectivity index (χ0n) is 40.2. The van der Waals surface area contributed by atoms with Crippen LogP contribution in [0.1, 0.15) is 84.0 Å². The summed E-state index contributed by atoms with van der Waals surface area (Å²) in [5.41, 5.74) is 8.29. The molecule has 0 spiro atoms. The Morgan fingerprint density at radius 3 is 2.65 bits per heavy atom. The van der Waals surface area contributed by atoms with Gasteiger partial charge in [0, 0.05) is 86.5 Å². The number of halogens is 1. The van der Waals surface area contributed by atoms with Crippen molar-refractivity contribution in [1.82, 2.24) is 49.4 Å². The van der Waals surface area contributed by atoms with Gasteiger partial charge in [0.2, 0.25) is 11.8 Å². The fourth-order valence-electron chi connectivity index (χ4n) is 10.3. The second-order valence-electron chi connectivity index (χ2n) is 19.4. The molecule has 3 saturated heterocycles. The number of aryl methyl sites for hydroxylation is 1. The van der Waals surface area contributed by atoms with Crippen molar-refractivity contribution in [3.63, 3.8) is 0 Å². The fourth-order valence-corrected chi connectivity index (χ4v) is 11.0. The van der Waals surface area contributed by atoms with E-state index in [-0.39, 0.29) is 62.2 Å². The van der Waals surface area contributed by atoms with E-state index in [2.05, 4.69) is 54.3 Å². The Morgan fingerprint density at radius 1 is 1.12 bits per heavy atom. The molecule has 4 aromatic rings. The van der Waals surface area contributed by atoms with Gasteiger partial charge in [-0.2, -0.15) is 4.37 Å². The lowest BCUT2D eigenvalue weighted by molar-refractivity contribution is -0.155.